The Morgan fingerprint density at radius 2 is 2.09 bits per heavy atom. The minimum atomic E-state index is -0.365. The molecule has 6 nitrogen and oxygen atoms in total. The van der Waals surface area contributed by atoms with Crippen LogP contribution in [0.4, 0.5) is 5.69 Å². The Kier molecular flexibility index (Phi) is 3.60. The molecule has 2 aromatic rings. The lowest BCUT2D eigenvalue weighted by Crippen LogP contribution is -2.31. The molecule has 0 saturated carbocycles. The van der Waals surface area contributed by atoms with E-state index in [-0.39, 0.29) is 16.5 Å². The molecule has 0 unspecified atom stereocenters. The van der Waals surface area contributed by atoms with Crippen LogP contribution in [0.15, 0.2) is 18.2 Å². The molecule has 0 N–H and O–H groups in total. The van der Waals surface area contributed by atoms with E-state index in [1.165, 1.54) is 6.07 Å². The maximum absolute atomic E-state index is 12.8. The van der Waals surface area contributed by atoms with Gasteiger partial charge in [0.2, 0.25) is 0 Å². The Bertz CT molecular complexity index is 764. The summed E-state index contributed by atoms with van der Waals surface area (Å²) in [5, 5.41) is 12.2. The maximum atomic E-state index is 12.8. The number of nitrogens with zero attached hydrogens (tertiary/aromatic N) is 3. The van der Waals surface area contributed by atoms with E-state index in [1.807, 2.05) is 17.6 Å². The standard InChI is InChI=1S/C16H19N3O3/c1-3-18-14-11(8-6-9-13(14)19(21)22)12-7-4-5-10-17(2)16(20)15(12)18/h6,8-9H,3-5,7,10H2,1-2H3. The molecule has 0 radical (unpaired) electrons. The number of carbonyl (C=O) groups is 1. The number of amides is 1. The number of rotatable bonds is 2. The molecular formula is C16H19N3O3. The summed E-state index contributed by atoms with van der Waals surface area (Å²) in [4.78, 5) is 25.5. The smallest absolute Gasteiger partial charge is 0.293 e. The Morgan fingerprint density at radius 1 is 1.32 bits per heavy atom. The lowest BCUT2D eigenvalue weighted by Gasteiger charge is -2.21. The third-order valence-corrected chi connectivity index (χ3v) is 4.40. The third kappa shape index (κ3) is 2.06. The number of fused-ring (bicyclic) bond motifs is 3. The molecule has 1 aliphatic rings. The number of hydrogen-bond acceptors (Lipinski definition) is 3. The van der Waals surface area contributed by atoms with Crippen molar-refractivity contribution in [3.05, 3.63) is 39.6 Å². The van der Waals surface area contributed by atoms with Gasteiger partial charge in [0.1, 0.15) is 11.2 Å². The van der Waals surface area contributed by atoms with Crippen molar-refractivity contribution in [2.45, 2.75) is 32.7 Å². The molecule has 1 aromatic heterocycles. The molecule has 0 saturated heterocycles. The zero-order valence-electron chi connectivity index (χ0n) is 12.8. The molecule has 116 valence electrons. The van der Waals surface area contributed by atoms with Gasteiger partial charge >= 0.3 is 0 Å². The highest BCUT2D eigenvalue weighted by Crippen LogP contribution is 2.35. The molecule has 3 rings (SSSR count). The van der Waals surface area contributed by atoms with Crippen LogP contribution in [-0.2, 0) is 13.0 Å². The number of para-hydroxylation sites is 1. The minimum Gasteiger partial charge on any atom is -0.340 e. The van der Waals surface area contributed by atoms with Crippen LogP contribution in [0.25, 0.3) is 10.9 Å². The van der Waals surface area contributed by atoms with Gasteiger partial charge in [-0.05, 0) is 31.7 Å². The van der Waals surface area contributed by atoms with Gasteiger partial charge in [0.05, 0.1) is 4.92 Å². The Labute approximate surface area is 128 Å². The fourth-order valence-electron chi connectivity index (χ4n) is 3.36. The van der Waals surface area contributed by atoms with E-state index in [0.717, 1.165) is 36.8 Å². The lowest BCUT2D eigenvalue weighted by molar-refractivity contribution is -0.383. The summed E-state index contributed by atoms with van der Waals surface area (Å²) in [5.41, 5.74) is 2.22. The van der Waals surface area contributed by atoms with Gasteiger partial charge in [-0.25, -0.2) is 0 Å². The van der Waals surface area contributed by atoms with Crippen molar-refractivity contribution in [1.82, 2.24) is 9.47 Å². The van der Waals surface area contributed by atoms with Gasteiger partial charge < -0.3 is 9.47 Å². The Balaban J connectivity index is 2.40. The second-order valence-electron chi connectivity index (χ2n) is 5.69. The van der Waals surface area contributed by atoms with Crippen LogP contribution in [0.5, 0.6) is 0 Å². The Morgan fingerprint density at radius 3 is 2.77 bits per heavy atom. The lowest BCUT2D eigenvalue weighted by atomic mass is 10.0. The molecule has 22 heavy (non-hydrogen) atoms. The van der Waals surface area contributed by atoms with E-state index >= 15 is 0 Å². The van der Waals surface area contributed by atoms with E-state index in [1.54, 1.807) is 18.0 Å². The van der Waals surface area contributed by atoms with Gasteiger partial charge in [0.15, 0.2) is 0 Å². The molecule has 0 aliphatic carbocycles. The predicted octanol–water partition coefficient (Wildman–Crippen LogP) is 2.98. The van der Waals surface area contributed by atoms with Crippen LogP contribution in [0.1, 0.15) is 35.8 Å². The zero-order valence-corrected chi connectivity index (χ0v) is 12.8. The molecule has 1 aliphatic heterocycles. The monoisotopic (exact) mass is 301 g/mol. The fourth-order valence-corrected chi connectivity index (χ4v) is 3.36. The van der Waals surface area contributed by atoms with Crippen molar-refractivity contribution in [3.63, 3.8) is 0 Å². The molecule has 6 heteroatoms. The average Bonchev–Trinajstić information content (AvgIpc) is 2.82. The first-order chi connectivity index (χ1) is 10.6. The number of aryl methyl sites for hydroxylation is 2. The maximum Gasteiger partial charge on any atom is 0.293 e. The van der Waals surface area contributed by atoms with Gasteiger partial charge in [-0.2, -0.15) is 0 Å². The fraction of sp³-hybridized carbons (Fsp3) is 0.438. The first-order valence-corrected chi connectivity index (χ1v) is 7.60. The van der Waals surface area contributed by atoms with Crippen LogP contribution < -0.4 is 0 Å². The average molecular weight is 301 g/mol. The summed E-state index contributed by atoms with van der Waals surface area (Å²) in [5.74, 6) is -0.0398. The SMILES string of the molecule is CCn1c2c(c3cccc([N+](=O)[O-])c31)CCCCN(C)C2=O. The highest BCUT2D eigenvalue weighted by molar-refractivity contribution is 6.04. The third-order valence-electron chi connectivity index (χ3n) is 4.40. The molecule has 1 aromatic carbocycles. The quantitative estimate of drug-likeness (QED) is 0.632. The van der Waals surface area contributed by atoms with Crippen LogP contribution in [0.2, 0.25) is 0 Å². The summed E-state index contributed by atoms with van der Waals surface area (Å²) >= 11 is 0. The molecule has 1 amide bonds. The zero-order chi connectivity index (χ0) is 15.9. The molecule has 0 fully saturated rings. The number of hydrogen-bond donors (Lipinski definition) is 0. The van der Waals surface area contributed by atoms with Crippen molar-refractivity contribution >= 4 is 22.5 Å². The van der Waals surface area contributed by atoms with Gasteiger partial charge in [-0.15, -0.1) is 0 Å². The highest BCUT2D eigenvalue weighted by Gasteiger charge is 2.29. The molecule has 2 heterocycles. The predicted molar refractivity (Wildman–Crippen MR) is 84.2 cm³/mol. The summed E-state index contributed by atoms with van der Waals surface area (Å²) in [6.45, 7) is 3.18. The van der Waals surface area contributed by atoms with Crippen molar-refractivity contribution in [2.75, 3.05) is 13.6 Å². The molecular weight excluding hydrogens is 282 g/mol. The first kappa shape index (κ1) is 14.6. The van der Waals surface area contributed by atoms with E-state index in [4.69, 9.17) is 0 Å². The number of nitro groups is 1. The van der Waals surface area contributed by atoms with E-state index in [9.17, 15) is 14.9 Å². The second-order valence-corrected chi connectivity index (χ2v) is 5.69. The largest absolute Gasteiger partial charge is 0.340 e. The van der Waals surface area contributed by atoms with Gasteiger partial charge in [-0.1, -0.05) is 12.1 Å². The van der Waals surface area contributed by atoms with E-state index in [2.05, 4.69) is 0 Å². The van der Waals surface area contributed by atoms with Crippen molar-refractivity contribution in [3.8, 4) is 0 Å². The molecule has 0 spiro atoms. The molecule has 0 atom stereocenters. The van der Waals surface area contributed by atoms with Crippen LogP contribution in [-0.4, -0.2) is 33.9 Å². The van der Waals surface area contributed by atoms with Crippen LogP contribution in [0.3, 0.4) is 0 Å². The highest BCUT2D eigenvalue weighted by atomic mass is 16.6. The van der Waals surface area contributed by atoms with Gasteiger partial charge in [0.25, 0.3) is 11.6 Å². The Hall–Kier alpha value is -2.37. The number of benzene rings is 1. The van der Waals surface area contributed by atoms with Crippen molar-refractivity contribution in [1.29, 1.82) is 0 Å². The van der Waals surface area contributed by atoms with Crippen molar-refractivity contribution < 1.29 is 9.72 Å². The van der Waals surface area contributed by atoms with Gasteiger partial charge in [0, 0.05) is 31.6 Å². The summed E-state index contributed by atoms with van der Waals surface area (Å²) in [7, 11) is 1.80. The first-order valence-electron chi connectivity index (χ1n) is 7.60. The molecule has 0 bridgehead atoms. The van der Waals surface area contributed by atoms with Crippen LogP contribution in [0, 0.1) is 10.1 Å². The topological polar surface area (TPSA) is 68.4 Å². The summed E-state index contributed by atoms with van der Waals surface area (Å²) < 4.78 is 1.81. The summed E-state index contributed by atoms with van der Waals surface area (Å²) in [6.07, 6.45) is 2.73. The normalized spacial score (nSPS) is 15.5. The van der Waals surface area contributed by atoms with Crippen LogP contribution >= 0.6 is 0 Å². The summed E-state index contributed by atoms with van der Waals surface area (Å²) in [6, 6.07) is 5.10. The van der Waals surface area contributed by atoms with E-state index in [0.29, 0.717) is 17.8 Å². The number of nitro benzene ring substituents is 1. The van der Waals surface area contributed by atoms with Crippen molar-refractivity contribution in [2.24, 2.45) is 0 Å². The number of aromatic nitrogens is 1. The minimum absolute atomic E-state index is 0.0398. The number of non-ortho nitro benzene ring substituents is 1. The second kappa shape index (κ2) is 5.44. The number of carbonyl (C=O) groups excluding carboxylic acids is 1. The van der Waals surface area contributed by atoms with E-state index < -0.39 is 0 Å². The van der Waals surface area contributed by atoms with Gasteiger partial charge in [-0.3, -0.25) is 14.9 Å².